The van der Waals surface area contributed by atoms with Crippen molar-refractivity contribution in [3.63, 3.8) is 0 Å². The first kappa shape index (κ1) is 16.8. The first-order chi connectivity index (χ1) is 10.9. The molecule has 5 heteroatoms. The Morgan fingerprint density at radius 2 is 1.74 bits per heavy atom. The second-order valence-corrected chi connectivity index (χ2v) is 5.33. The smallest absolute Gasteiger partial charge is 0.244 e. The quantitative estimate of drug-likeness (QED) is 0.833. The Morgan fingerprint density at radius 1 is 1.13 bits per heavy atom. The number of hydrogen-bond donors (Lipinski definition) is 2. The van der Waals surface area contributed by atoms with Crippen molar-refractivity contribution < 1.29 is 18.7 Å². The van der Waals surface area contributed by atoms with E-state index in [4.69, 9.17) is 0 Å². The number of amides is 1. The molecule has 2 rings (SSSR count). The van der Waals surface area contributed by atoms with Crippen LogP contribution in [-0.4, -0.2) is 17.6 Å². The minimum absolute atomic E-state index is 0.0278. The van der Waals surface area contributed by atoms with Gasteiger partial charge in [-0.15, -0.1) is 0 Å². The van der Waals surface area contributed by atoms with Gasteiger partial charge in [-0.05, 0) is 30.7 Å². The molecule has 2 aromatic rings. The van der Waals surface area contributed by atoms with Gasteiger partial charge in [0.1, 0.15) is 17.2 Å². The zero-order valence-corrected chi connectivity index (χ0v) is 12.6. The SMILES string of the molecule is CC(O)(CNC(=O)C=Cc1c(F)cccc1F)c1ccccc1. The molecule has 1 amide bonds. The van der Waals surface area contributed by atoms with Crippen molar-refractivity contribution in [1.82, 2.24) is 5.32 Å². The zero-order valence-electron chi connectivity index (χ0n) is 12.6. The summed E-state index contributed by atoms with van der Waals surface area (Å²) in [5.41, 5.74) is -0.865. The van der Waals surface area contributed by atoms with Gasteiger partial charge in [0.15, 0.2) is 0 Å². The highest BCUT2D eigenvalue weighted by Gasteiger charge is 2.22. The van der Waals surface area contributed by atoms with Crippen molar-refractivity contribution in [3.05, 3.63) is 77.4 Å². The van der Waals surface area contributed by atoms with E-state index in [1.165, 1.54) is 6.07 Å². The second-order valence-electron chi connectivity index (χ2n) is 5.33. The number of halogens is 2. The van der Waals surface area contributed by atoms with E-state index in [9.17, 15) is 18.7 Å². The van der Waals surface area contributed by atoms with Crippen LogP contribution >= 0.6 is 0 Å². The molecule has 0 aliphatic rings. The van der Waals surface area contributed by atoms with Gasteiger partial charge in [-0.25, -0.2) is 8.78 Å². The maximum absolute atomic E-state index is 13.4. The fourth-order valence-corrected chi connectivity index (χ4v) is 2.05. The number of rotatable bonds is 5. The molecule has 120 valence electrons. The van der Waals surface area contributed by atoms with Gasteiger partial charge in [-0.1, -0.05) is 36.4 Å². The lowest BCUT2D eigenvalue weighted by Crippen LogP contribution is -2.37. The Morgan fingerprint density at radius 3 is 2.35 bits per heavy atom. The standard InChI is InChI=1S/C18H17F2NO2/c1-18(23,13-6-3-2-4-7-13)12-21-17(22)11-10-14-15(19)8-5-9-16(14)20/h2-11,23H,12H2,1H3,(H,21,22). The van der Waals surface area contributed by atoms with Gasteiger partial charge >= 0.3 is 0 Å². The van der Waals surface area contributed by atoms with Gasteiger partial charge in [0.05, 0.1) is 6.54 Å². The lowest BCUT2D eigenvalue weighted by molar-refractivity contribution is -0.117. The van der Waals surface area contributed by atoms with Crippen LogP contribution in [0.5, 0.6) is 0 Å². The van der Waals surface area contributed by atoms with E-state index >= 15 is 0 Å². The third-order valence-corrected chi connectivity index (χ3v) is 3.40. The van der Waals surface area contributed by atoms with Gasteiger partial charge in [-0.3, -0.25) is 4.79 Å². The Labute approximate surface area is 133 Å². The zero-order chi connectivity index (χ0) is 16.9. The van der Waals surface area contributed by atoms with Crippen LogP contribution in [0.15, 0.2) is 54.6 Å². The molecule has 0 fully saturated rings. The Bertz CT molecular complexity index is 692. The van der Waals surface area contributed by atoms with Crippen LogP contribution in [0.1, 0.15) is 18.1 Å². The summed E-state index contributed by atoms with van der Waals surface area (Å²) in [6, 6.07) is 12.4. The van der Waals surface area contributed by atoms with Crippen molar-refractivity contribution >= 4 is 12.0 Å². The van der Waals surface area contributed by atoms with Crippen LogP contribution in [0.25, 0.3) is 6.08 Å². The van der Waals surface area contributed by atoms with Crippen LogP contribution in [0.2, 0.25) is 0 Å². The third-order valence-electron chi connectivity index (χ3n) is 3.40. The molecule has 0 aromatic heterocycles. The van der Waals surface area contributed by atoms with Gasteiger partial charge in [0.25, 0.3) is 0 Å². The lowest BCUT2D eigenvalue weighted by atomic mass is 9.96. The third kappa shape index (κ3) is 4.47. The van der Waals surface area contributed by atoms with Crippen LogP contribution in [0.3, 0.4) is 0 Å². The number of benzene rings is 2. The normalized spacial score (nSPS) is 13.7. The topological polar surface area (TPSA) is 49.3 Å². The molecule has 3 nitrogen and oxygen atoms in total. The Kier molecular flexibility index (Phi) is 5.24. The van der Waals surface area contributed by atoms with Gasteiger partial charge in [-0.2, -0.15) is 0 Å². The average Bonchev–Trinajstić information content (AvgIpc) is 2.53. The number of nitrogens with one attached hydrogen (secondary N) is 1. The Balaban J connectivity index is 1.99. The van der Waals surface area contributed by atoms with E-state index in [0.717, 1.165) is 24.3 Å². The van der Waals surface area contributed by atoms with Crippen LogP contribution in [0.4, 0.5) is 8.78 Å². The van der Waals surface area contributed by atoms with E-state index in [1.54, 1.807) is 31.2 Å². The number of carbonyl (C=O) groups excluding carboxylic acids is 1. The average molecular weight is 317 g/mol. The Hall–Kier alpha value is -2.53. The molecule has 23 heavy (non-hydrogen) atoms. The summed E-state index contributed by atoms with van der Waals surface area (Å²) in [6.45, 7) is 1.54. The summed E-state index contributed by atoms with van der Waals surface area (Å²) in [6.07, 6.45) is 2.10. The summed E-state index contributed by atoms with van der Waals surface area (Å²) < 4.78 is 26.9. The molecule has 0 aliphatic heterocycles. The van der Waals surface area contributed by atoms with Gasteiger partial charge in [0.2, 0.25) is 5.91 Å². The van der Waals surface area contributed by atoms with E-state index in [2.05, 4.69) is 5.32 Å². The maximum Gasteiger partial charge on any atom is 0.244 e. The van der Waals surface area contributed by atoms with Crippen LogP contribution in [-0.2, 0) is 10.4 Å². The summed E-state index contributed by atoms with van der Waals surface area (Å²) in [4.78, 5) is 11.8. The van der Waals surface area contributed by atoms with Crippen molar-refractivity contribution in [2.75, 3.05) is 6.54 Å². The molecule has 2 N–H and O–H groups in total. The molecule has 0 radical (unpaired) electrons. The van der Waals surface area contributed by atoms with Gasteiger partial charge < -0.3 is 10.4 Å². The predicted molar refractivity (Wildman–Crippen MR) is 84.4 cm³/mol. The summed E-state index contributed by atoms with van der Waals surface area (Å²) in [5.74, 6) is -2.04. The molecule has 0 aliphatic carbocycles. The second kappa shape index (κ2) is 7.15. The highest BCUT2D eigenvalue weighted by Crippen LogP contribution is 2.19. The van der Waals surface area contributed by atoms with E-state index in [-0.39, 0.29) is 12.1 Å². The number of carbonyl (C=O) groups is 1. The molecule has 0 bridgehead atoms. The summed E-state index contributed by atoms with van der Waals surface area (Å²) >= 11 is 0. The molecular formula is C18H17F2NO2. The van der Waals surface area contributed by atoms with E-state index in [1.807, 2.05) is 6.07 Å². The van der Waals surface area contributed by atoms with Crippen LogP contribution < -0.4 is 5.32 Å². The molecule has 0 spiro atoms. The molecule has 0 saturated heterocycles. The largest absolute Gasteiger partial charge is 0.384 e. The van der Waals surface area contributed by atoms with Crippen LogP contribution in [0, 0.1) is 11.6 Å². The lowest BCUT2D eigenvalue weighted by Gasteiger charge is -2.23. The van der Waals surface area contributed by atoms with Crippen molar-refractivity contribution in [2.45, 2.75) is 12.5 Å². The summed E-state index contributed by atoms with van der Waals surface area (Å²) in [7, 11) is 0. The number of aliphatic hydroxyl groups is 1. The first-order valence-electron chi connectivity index (χ1n) is 7.08. The van der Waals surface area contributed by atoms with E-state index in [0.29, 0.717) is 5.56 Å². The summed E-state index contributed by atoms with van der Waals surface area (Å²) in [5, 5.41) is 12.9. The first-order valence-corrected chi connectivity index (χ1v) is 7.08. The van der Waals surface area contributed by atoms with Crippen molar-refractivity contribution in [2.24, 2.45) is 0 Å². The predicted octanol–water partition coefficient (Wildman–Crippen LogP) is 3.00. The number of hydrogen-bond acceptors (Lipinski definition) is 2. The highest BCUT2D eigenvalue weighted by molar-refractivity contribution is 5.91. The highest BCUT2D eigenvalue weighted by atomic mass is 19.1. The maximum atomic E-state index is 13.4. The van der Waals surface area contributed by atoms with Crippen molar-refractivity contribution in [3.8, 4) is 0 Å². The van der Waals surface area contributed by atoms with Gasteiger partial charge in [0, 0.05) is 11.6 Å². The molecular weight excluding hydrogens is 300 g/mol. The van der Waals surface area contributed by atoms with Crippen molar-refractivity contribution in [1.29, 1.82) is 0 Å². The fraction of sp³-hybridized carbons (Fsp3) is 0.167. The fourth-order valence-electron chi connectivity index (χ4n) is 2.05. The molecule has 1 atom stereocenters. The minimum atomic E-state index is -1.24. The molecule has 1 unspecified atom stereocenters. The molecule has 0 heterocycles. The minimum Gasteiger partial charge on any atom is -0.384 e. The monoisotopic (exact) mass is 317 g/mol. The van der Waals surface area contributed by atoms with E-state index < -0.39 is 23.1 Å². The molecule has 0 saturated carbocycles. The molecule has 2 aromatic carbocycles.